The second-order valence-corrected chi connectivity index (χ2v) is 6.19. The van der Waals surface area contributed by atoms with Gasteiger partial charge in [-0.2, -0.15) is 0 Å². The summed E-state index contributed by atoms with van der Waals surface area (Å²) in [7, 11) is 0. The fraction of sp³-hybridized carbons (Fsp3) is 0. The van der Waals surface area contributed by atoms with Crippen molar-refractivity contribution in [3.8, 4) is 0 Å². The number of esters is 1. The van der Waals surface area contributed by atoms with Gasteiger partial charge in [-0.1, -0.05) is 39.7 Å². The lowest BCUT2D eigenvalue weighted by atomic mass is 10.2. The number of carbonyl (C=O) groups excluding carboxylic acids is 1. The van der Waals surface area contributed by atoms with Crippen LogP contribution < -0.4 is 0 Å². The molecule has 120 valence electrons. The van der Waals surface area contributed by atoms with Crippen LogP contribution in [-0.4, -0.2) is 16.8 Å². The molecule has 0 aromatic heterocycles. The maximum atomic E-state index is 12.0. The van der Waals surface area contributed by atoms with Crippen molar-refractivity contribution in [1.82, 2.24) is 0 Å². The Labute approximate surface area is 149 Å². The highest BCUT2D eigenvalue weighted by molar-refractivity contribution is 9.10. The molecule has 0 saturated heterocycles. The second kappa shape index (κ2) is 6.54. The Morgan fingerprint density at radius 3 is 2.58 bits per heavy atom. The number of rotatable bonds is 3. The number of benzene rings is 2. The zero-order valence-corrected chi connectivity index (χ0v) is 14.2. The van der Waals surface area contributed by atoms with E-state index in [9.17, 15) is 14.9 Å². The molecule has 0 bridgehead atoms. The van der Waals surface area contributed by atoms with Gasteiger partial charge < -0.3 is 4.74 Å². The van der Waals surface area contributed by atoms with Crippen LogP contribution >= 0.6 is 27.5 Å². The number of cyclic esters (lactones) is 1. The van der Waals surface area contributed by atoms with Crippen LogP contribution in [0.25, 0.3) is 6.08 Å². The average Bonchev–Trinajstić information content (AvgIpc) is 2.90. The van der Waals surface area contributed by atoms with Gasteiger partial charge in [0.1, 0.15) is 0 Å². The van der Waals surface area contributed by atoms with Crippen LogP contribution in [0.15, 0.2) is 57.6 Å². The first kappa shape index (κ1) is 16.4. The predicted octanol–water partition coefficient (Wildman–Crippen LogP) is 4.36. The van der Waals surface area contributed by atoms with Crippen LogP contribution in [0.4, 0.5) is 5.69 Å². The maximum absolute atomic E-state index is 12.0. The minimum absolute atomic E-state index is 0.0195. The molecule has 1 aliphatic rings. The fourth-order valence-corrected chi connectivity index (χ4v) is 2.55. The van der Waals surface area contributed by atoms with Gasteiger partial charge in [0.25, 0.3) is 5.69 Å². The highest BCUT2D eigenvalue weighted by Gasteiger charge is 2.25. The largest absolute Gasteiger partial charge is 0.402 e. The SMILES string of the molecule is O=C1OC(c2cc(Cl)cc([N+](=O)[O-])c2)=N/C1=C\c1ccc(Br)cc1. The zero-order valence-electron chi connectivity index (χ0n) is 11.9. The van der Waals surface area contributed by atoms with Crippen LogP contribution in [0, 0.1) is 10.1 Å². The van der Waals surface area contributed by atoms with Gasteiger partial charge in [0.15, 0.2) is 5.70 Å². The van der Waals surface area contributed by atoms with E-state index in [2.05, 4.69) is 20.9 Å². The van der Waals surface area contributed by atoms with E-state index in [1.165, 1.54) is 18.2 Å². The highest BCUT2D eigenvalue weighted by atomic mass is 79.9. The summed E-state index contributed by atoms with van der Waals surface area (Å²) in [4.78, 5) is 26.4. The van der Waals surface area contributed by atoms with Gasteiger partial charge in [-0.05, 0) is 29.8 Å². The Bertz CT molecular complexity index is 907. The summed E-state index contributed by atoms with van der Waals surface area (Å²) in [6, 6.07) is 11.2. The van der Waals surface area contributed by atoms with Gasteiger partial charge in [0.05, 0.1) is 4.92 Å². The number of nitrogens with zero attached hydrogens (tertiary/aromatic N) is 2. The average molecular weight is 408 g/mol. The number of hydrogen-bond donors (Lipinski definition) is 0. The first-order valence-electron chi connectivity index (χ1n) is 6.66. The maximum Gasteiger partial charge on any atom is 0.363 e. The summed E-state index contributed by atoms with van der Waals surface area (Å²) in [5.41, 5.74) is 0.936. The normalized spacial score (nSPS) is 15.3. The van der Waals surface area contributed by atoms with Crippen molar-refractivity contribution < 1.29 is 14.5 Å². The summed E-state index contributed by atoms with van der Waals surface area (Å²) in [5, 5.41) is 11.1. The molecule has 8 heteroatoms. The molecule has 0 aliphatic carbocycles. The van der Waals surface area contributed by atoms with Crippen LogP contribution in [0.2, 0.25) is 5.02 Å². The molecule has 0 N–H and O–H groups in total. The molecule has 24 heavy (non-hydrogen) atoms. The van der Waals surface area contributed by atoms with Gasteiger partial charge in [-0.15, -0.1) is 0 Å². The summed E-state index contributed by atoms with van der Waals surface area (Å²) in [6.07, 6.45) is 1.57. The molecule has 1 aliphatic heterocycles. The number of nitro benzene ring substituents is 1. The van der Waals surface area contributed by atoms with E-state index >= 15 is 0 Å². The Hall–Kier alpha value is -2.51. The predicted molar refractivity (Wildman–Crippen MR) is 92.9 cm³/mol. The van der Waals surface area contributed by atoms with Gasteiger partial charge >= 0.3 is 5.97 Å². The van der Waals surface area contributed by atoms with E-state index in [0.717, 1.165) is 10.0 Å². The lowest BCUT2D eigenvalue weighted by molar-refractivity contribution is -0.384. The molecule has 0 amide bonds. The Morgan fingerprint density at radius 1 is 1.21 bits per heavy atom. The van der Waals surface area contributed by atoms with E-state index < -0.39 is 10.9 Å². The van der Waals surface area contributed by atoms with E-state index in [-0.39, 0.29) is 27.9 Å². The minimum Gasteiger partial charge on any atom is -0.402 e. The van der Waals surface area contributed by atoms with E-state index in [1.54, 1.807) is 6.08 Å². The third-order valence-corrected chi connectivity index (χ3v) is 3.88. The quantitative estimate of drug-likeness (QED) is 0.328. The highest BCUT2D eigenvalue weighted by Crippen LogP contribution is 2.25. The topological polar surface area (TPSA) is 81.8 Å². The number of ether oxygens (including phenoxy) is 1. The molecule has 0 atom stereocenters. The molecule has 3 rings (SSSR count). The smallest absolute Gasteiger partial charge is 0.363 e. The van der Waals surface area contributed by atoms with Crippen LogP contribution in [0.1, 0.15) is 11.1 Å². The van der Waals surface area contributed by atoms with E-state index in [4.69, 9.17) is 16.3 Å². The van der Waals surface area contributed by atoms with Gasteiger partial charge in [-0.3, -0.25) is 10.1 Å². The summed E-state index contributed by atoms with van der Waals surface area (Å²) >= 11 is 9.20. The molecule has 0 fully saturated rings. The summed E-state index contributed by atoms with van der Waals surface area (Å²) < 4.78 is 6.01. The molecule has 0 spiro atoms. The van der Waals surface area contributed by atoms with E-state index in [0.29, 0.717) is 0 Å². The fourth-order valence-electron chi connectivity index (χ4n) is 2.05. The van der Waals surface area contributed by atoms with Gasteiger partial charge in [0.2, 0.25) is 5.90 Å². The van der Waals surface area contributed by atoms with Crippen LogP contribution in [-0.2, 0) is 9.53 Å². The van der Waals surface area contributed by atoms with Crippen molar-refractivity contribution in [3.05, 3.63) is 78.9 Å². The monoisotopic (exact) mass is 406 g/mol. The first-order valence-corrected chi connectivity index (χ1v) is 7.83. The van der Waals surface area contributed by atoms with Gasteiger partial charge in [0, 0.05) is 27.2 Å². The first-order chi connectivity index (χ1) is 11.4. The van der Waals surface area contributed by atoms with Crippen molar-refractivity contribution >= 4 is 51.2 Å². The number of hydrogen-bond acceptors (Lipinski definition) is 5. The lowest BCUT2D eigenvalue weighted by Crippen LogP contribution is -2.06. The number of nitro groups is 1. The number of halogens is 2. The van der Waals surface area contributed by atoms with Crippen molar-refractivity contribution in [2.24, 2.45) is 4.99 Å². The molecule has 0 radical (unpaired) electrons. The third-order valence-electron chi connectivity index (χ3n) is 3.13. The molecule has 6 nitrogen and oxygen atoms in total. The van der Waals surface area contributed by atoms with Crippen molar-refractivity contribution in [2.75, 3.05) is 0 Å². The molecule has 0 saturated carbocycles. The van der Waals surface area contributed by atoms with Crippen molar-refractivity contribution in [1.29, 1.82) is 0 Å². The molecule has 2 aromatic rings. The minimum atomic E-state index is -0.629. The number of aliphatic imine (C=N–C) groups is 1. The van der Waals surface area contributed by atoms with Gasteiger partial charge in [-0.25, -0.2) is 9.79 Å². The molecule has 1 heterocycles. The molecule has 0 unspecified atom stereocenters. The standard InChI is InChI=1S/C16H8BrClN2O4/c17-11-3-1-9(2-4-11)5-14-16(21)24-15(19-14)10-6-12(18)8-13(7-10)20(22)23/h1-8H/b14-5-. The van der Waals surface area contributed by atoms with E-state index in [1.807, 2.05) is 24.3 Å². The van der Waals surface area contributed by atoms with Crippen molar-refractivity contribution in [3.63, 3.8) is 0 Å². The zero-order chi connectivity index (χ0) is 17.3. The summed E-state index contributed by atoms with van der Waals surface area (Å²) in [5.74, 6) is -0.649. The summed E-state index contributed by atoms with van der Waals surface area (Å²) in [6.45, 7) is 0. The third kappa shape index (κ3) is 3.52. The molecule has 2 aromatic carbocycles. The Morgan fingerprint density at radius 2 is 1.92 bits per heavy atom. The van der Waals surface area contributed by atoms with Crippen LogP contribution in [0.3, 0.4) is 0 Å². The molecular formula is C16H8BrClN2O4. The van der Waals surface area contributed by atoms with Crippen LogP contribution in [0.5, 0.6) is 0 Å². The number of carbonyl (C=O) groups is 1. The Kier molecular flexibility index (Phi) is 4.46. The Balaban J connectivity index is 1.97. The number of non-ortho nitro benzene ring substituents is 1. The second-order valence-electron chi connectivity index (χ2n) is 4.84. The van der Waals surface area contributed by atoms with Crippen molar-refractivity contribution in [2.45, 2.75) is 0 Å². The lowest BCUT2D eigenvalue weighted by Gasteiger charge is -2.00. The molecular weight excluding hydrogens is 400 g/mol.